The Hall–Kier alpha value is -1.31. The number of benzene rings is 1. The number of amides is 1. The highest BCUT2D eigenvalue weighted by molar-refractivity contribution is 5.79. The monoisotopic (exact) mass is 231 g/mol. The topological polar surface area (TPSA) is 20.3 Å². The average molecular weight is 231 g/mol. The van der Waals surface area contributed by atoms with E-state index >= 15 is 0 Å². The smallest absolute Gasteiger partial charge is 0.226 e. The summed E-state index contributed by atoms with van der Waals surface area (Å²) in [6.07, 6.45) is 1.71. The maximum Gasteiger partial charge on any atom is 0.226 e. The lowest BCUT2D eigenvalue weighted by Gasteiger charge is -2.31. The van der Waals surface area contributed by atoms with Crippen molar-refractivity contribution in [2.24, 2.45) is 0 Å². The van der Waals surface area contributed by atoms with Gasteiger partial charge in [-0.15, -0.1) is 0 Å². The van der Waals surface area contributed by atoms with Crippen LogP contribution in [0.1, 0.15) is 38.3 Å². The van der Waals surface area contributed by atoms with Gasteiger partial charge in [0, 0.05) is 13.1 Å². The zero-order valence-corrected chi connectivity index (χ0v) is 11.0. The average Bonchev–Trinajstić information content (AvgIpc) is 2.13. The van der Waals surface area contributed by atoms with Gasteiger partial charge in [0.15, 0.2) is 0 Å². The van der Waals surface area contributed by atoms with E-state index in [9.17, 15) is 4.79 Å². The molecule has 2 heteroatoms. The molecule has 1 amide bonds. The van der Waals surface area contributed by atoms with E-state index in [4.69, 9.17) is 0 Å². The predicted molar refractivity (Wildman–Crippen MR) is 70.0 cm³/mol. The Labute approximate surface area is 104 Å². The van der Waals surface area contributed by atoms with Gasteiger partial charge in [0.25, 0.3) is 0 Å². The fourth-order valence-electron chi connectivity index (χ4n) is 2.00. The minimum atomic E-state index is 0.149. The Balaban J connectivity index is 2.08. The molecule has 0 atom stereocenters. The van der Waals surface area contributed by atoms with Crippen molar-refractivity contribution in [1.29, 1.82) is 0 Å². The Kier molecular flexibility index (Phi) is 3.23. The molecule has 1 fully saturated rings. The van der Waals surface area contributed by atoms with Crippen molar-refractivity contribution in [2.75, 3.05) is 13.1 Å². The van der Waals surface area contributed by atoms with Crippen LogP contribution >= 0.6 is 0 Å². The van der Waals surface area contributed by atoms with E-state index in [1.807, 2.05) is 11.0 Å². The highest BCUT2D eigenvalue weighted by atomic mass is 16.2. The van der Waals surface area contributed by atoms with E-state index in [2.05, 4.69) is 39.0 Å². The highest BCUT2D eigenvalue weighted by Crippen LogP contribution is 2.23. The van der Waals surface area contributed by atoms with Crippen molar-refractivity contribution in [3.05, 3.63) is 35.4 Å². The predicted octanol–water partition coefficient (Wildman–Crippen LogP) is 2.76. The number of hydrogen-bond acceptors (Lipinski definition) is 1. The third kappa shape index (κ3) is 2.87. The number of rotatable bonds is 2. The van der Waals surface area contributed by atoms with Crippen LogP contribution in [0.3, 0.4) is 0 Å². The van der Waals surface area contributed by atoms with Gasteiger partial charge >= 0.3 is 0 Å². The second-order valence-corrected chi connectivity index (χ2v) is 5.86. The minimum Gasteiger partial charge on any atom is -0.342 e. The van der Waals surface area contributed by atoms with Gasteiger partial charge in [-0.3, -0.25) is 4.79 Å². The van der Waals surface area contributed by atoms with Gasteiger partial charge in [0.05, 0.1) is 6.42 Å². The van der Waals surface area contributed by atoms with Gasteiger partial charge in [-0.1, -0.05) is 45.0 Å². The van der Waals surface area contributed by atoms with Crippen molar-refractivity contribution < 1.29 is 4.79 Å². The number of nitrogens with zero attached hydrogens (tertiary/aromatic N) is 1. The fourth-order valence-corrected chi connectivity index (χ4v) is 2.00. The molecule has 2 rings (SSSR count). The van der Waals surface area contributed by atoms with Crippen LogP contribution in [0.15, 0.2) is 24.3 Å². The van der Waals surface area contributed by atoms with Crippen LogP contribution in [0.2, 0.25) is 0 Å². The molecule has 1 aromatic rings. The van der Waals surface area contributed by atoms with Gasteiger partial charge in [-0.25, -0.2) is 0 Å². The molecular weight excluding hydrogens is 210 g/mol. The molecule has 0 aliphatic carbocycles. The van der Waals surface area contributed by atoms with E-state index in [0.29, 0.717) is 6.42 Å². The van der Waals surface area contributed by atoms with Gasteiger partial charge in [0.2, 0.25) is 5.91 Å². The van der Waals surface area contributed by atoms with Gasteiger partial charge in [-0.2, -0.15) is 0 Å². The first-order valence-corrected chi connectivity index (χ1v) is 6.34. The molecule has 0 bridgehead atoms. The van der Waals surface area contributed by atoms with Crippen molar-refractivity contribution in [2.45, 2.75) is 39.0 Å². The summed E-state index contributed by atoms with van der Waals surface area (Å²) in [6, 6.07) is 8.40. The molecule has 0 unspecified atom stereocenters. The molecule has 0 aromatic heterocycles. The summed E-state index contributed by atoms with van der Waals surface area (Å²) in [5.74, 6) is 0.266. The van der Waals surface area contributed by atoms with E-state index in [0.717, 1.165) is 25.1 Å². The molecule has 1 aromatic carbocycles. The van der Waals surface area contributed by atoms with Crippen LogP contribution in [0.25, 0.3) is 0 Å². The van der Waals surface area contributed by atoms with E-state index in [1.165, 1.54) is 5.56 Å². The lowest BCUT2D eigenvalue weighted by Crippen LogP contribution is -2.42. The van der Waals surface area contributed by atoms with Crippen molar-refractivity contribution in [1.82, 2.24) is 4.90 Å². The number of carbonyl (C=O) groups is 1. The molecule has 0 radical (unpaired) electrons. The highest BCUT2D eigenvalue weighted by Gasteiger charge is 2.20. The molecule has 17 heavy (non-hydrogen) atoms. The van der Waals surface area contributed by atoms with Crippen molar-refractivity contribution in [3.8, 4) is 0 Å². The summed E-state index contributed by atoms with van der Waals surface area (Å²) >= 11 is 0. The Morgan fingerprint density at radius 2 is 2.00 bits per heavy atom. The second-order valence-electron chi connectivity index (χ2n) is 5.86. The SMILES string of the molecule is CC(C)(C)c1cccc(CC(=O)N2CCC2)c1. The zero-order valence-electron chi connectivity index (χ0n) is 11.0. The van der Waals surface area contributed by atoms with Crippen molar-refractivity contribution in [3.63, 3.8) is 0 Å². The first kappa shape index (κ1) is 12.2. The summed E-state index contributed by atoms with van der Waals surface area (Å²) in [4.78, 5) is 13.8. The summed E-state index contributed by atoms with van der Waals surface area (Å²) in [5.41, 5.74) is 2.58. The molecule has 2 nitrogen and oxygen atoms in total. The first-order valence-electron chi connectivity index (χ1n) is 6.34. The zero-order chi connectivity index (χ0) is 12.5. The molecule has 1 saturated heterocycles. The van der Waals surface area contributed by atoms with Crippen LogP contribution in [0.5, 0.6) is 0 Å². The third-order valence-corrected chi connectivity index (χ3v) is 3.36. The third-order valence-electron chi connectivity index (χ3n) is 3.36. The Bertz CT molecular complexity index is 413. The Morgan fingerprint density at radius 3 is 2.53 bits per heavy atom. The minimum absolute atomic E-state index is 0.149. The van der Waals surface area contributed by atoms with Crippen LogP contribution in [0.4, 0.5) is 0 Å². The van der Waals surface area contributed by atoms with Crippen LogP contribution in [0, 0.1) is 0 Å². The maximum absolute atomic E-state index is 11.9. The summed E-state index contributed by atoms with van der Waals surface area (Å²) in [6.45, 7) is 8.48. The second kappa shape index (κ2) is 4.52. The first-order chi connectivity index (χ1) is 7.97. The van der Waals surface area contributed by atoms with E-state index in [-0.39, 0.29) is 11.3 Å². The fraction of sp³-hybridized carbons (Fsp3) is 0.533. The number of likely N-dealkylation sites (tertiary alicyclic amines) is 1. The Morgan fingerprint density at radius 1 is 1.29 bits per heavy atom. The molecule has 0 N–H and O–H groups in total. The summed E-state index contributed by atoms with van der Waals surface area (Å²) in [5, 5.41) is 0. The standard InChI is InChI=1S/C15H21NO/c1-15(2,3)13-7-4-6-12(10-13)11-14(17)16-8-5-9-16/h4,6-7,10H,5,8-9,11H2,1-3H3. The maximum atomic E-state index is 11.9. The molecule has 0 saturated carbocycles. The largest absolute Gasteiger partial charge is 0.342 e. The quantitative estimate of drug-likeness (QED) is 0.766. The molecular formula is C15H21NO. The van der Waals surface area contributed by atoms with Crippen LogP contribution in [-0.4, -0.2) is 23.9 Å². The molecule has 92 valence electrons. The lowest BCUT2D eigenvalue weighted by molar-refractivity contribution is -0.133. The molecule has 1 aliphatic rings. The number of hydrogen-bond donors (Lipinski definition) is 0. The van der Waals surface area contributed by atoms with Crippen LogP contribution in [-0.2, 0) is 16.6 Å². The summed E-state index contributed by atoms with van der Waals surface area (Å²) < 4.78 is 0. The number of carbonyl (C=O) groups excluding carboxylic acids is 1. The molecule has 1 heterocycles. The van der Waals surface area contributed by atoms with Gasteiger partial charge in [-0.05, 0) is 23.0 Å². The normalized spacial score (nSPS) is 15.6. The van der Waals surface area contributed by atoms with Crippen LogP contribution < -0.4 is 0 Å². The molecule has 0 spiro atoms. The lowest BCUT2D eigenvalue weighted by atomic mass is 9.86. The van der Waals surface area contributed by atoms with E-state index in [1.54, 1.807) is 0 Å². The van der Waals surface area contributed by atoms with Gasteiger partial charge < -0.3 is 4.90 Å². The van der Waals surface area contributed by atoms with Crippen molar-refractivity contribution >= 4 is 5.91 Å². The van der Waals surface area contributed by atoms with Gasteiger partial charge in [0.1, 0.15) is 0 Å². The molecule has 1 aliphatic heterocycles. The van der Waals surface area contributed by atoms with E-state index < -0.39 is 0 Å². The summed E-state index contributed by atoms with van der Waals surface area (Å²) in [7, 11) is 0.